The van der Waals surface area contributed by atoms with Crippen LogP contribution in [-0.2, 0) is 0 Å². The predicted octanol–water partition coefficient (Wildman–Crippen LogP) is 2.64. The Morgan fingerprint density at radius 3 is 2.15 bits per heavy atom. The molecule has 0 fully saturated rings. The molecule has 102 valence electrons. The lowest BCUT2D eigenvalue weighted by atomic mass is 10.1. The van der Waals surface area contributed by atoms with Crippen molar-refractivity contribution >= 4 is 40.0 Å². The fraction of sp³-hybridized carbons (Fsp3) is 0. The van der Waals surface area contributed by atoms with Gasteiger partial charge in [0, 0.05) is 20.4 Å². The van der Waals surface area contributed by atoms with Gasteiger partial charge in [-0.05, 0) is 59.0 Å². The highest BCUT2D eigenvalue weighted by molar-refractivity contribution is 14.1. The largest absolute Gasteiger partial charge is 0.409 e. The first-order chi connectivity index (χ1) is 9.60. The molecule has 0 saturated heterocycles. The number of hydrogen-bond donors (Lipinski definition) is 3. The summed E-state index contributed by atoms with van der Waals surface area (Å²) >= 11 is 2.20. The van der Waals surface area contributed by atoms with Crippen molar-refractivity contribution in [3.63, 3.8) is 0 Å². The maximum Gasteiger partial charge on any atom is 0.255 e. The van der Waals surface area contributed by atoms with E-state index < -0.39 is 0 Å². The maximum absolute atomic E-state index is 12.0. The molecule has 4 N–H and O–H groups in total. The monoisotopic (exact) mass is 381 g/mol. The van der Waals surface area contributed by atoms with Crippen molar-refractivity contribution in [2.45, 2.75) is 0 Å². The minimum absolute atomic E-state index is 0.00888. The highest BCUT2D eigenvalue weighted by Crippen LogP contribution is 2.13. The molecular formula is C14H12IN3O2. The van der Waals surface area contributed by atoms with E-state index in [0.717, 1.165) is 9.26 Å². The molecule has 0 unspecified atom stereocenters. The summed E-state index contributed by atoms with van der Waals surface area (Å²) in [6.07, 6.45) is 0. The molecule has 2 rings (SSSR count). The molecule has 0 atom stereocenters. The molecule has 5 nitrogen and oxygen atoms in total. The van der Waals surface area contributed by atoms with Crippen LogP contribution in [0.25, 0.3) is 0 Å². The van der Waals surface area contributed by atoms with Gasteiger partial charge in [-0.15, -0.1) is 0 Å². The third-order valence-electron chi connectivity index (χ3n) is 2.65. The number of carbonyl (C=O) groups excluding carboxylic acids is 1. The number of nitrogens with one attached hydrogen (secondary N) is 1. The van der Waals surface area contributed by atoms with Gasteiger partial charge in [-0.2, -0.15) is 0 Å². The van der Waals surface area contributed by atoms with Gasteiger partial charge in [0.05, 0.1) is 0 Å². The third kappa shape index (κ3) is 3.47. The van der Waals surface area contributed by atoms with E-state index in [9.17, 15) is 4.79 Å². The molecule has 0 aromatic heterocycles. The zero-order chi connectivity index (χ0) is 14.5. The number of nitrogens with two attached hydrogens (primary N) is 1. The first kappa shape index (κ1) is 14.3. The van der Waals surface area contributed by atoms with Gasteiger partial charge in [0.25, 0.3) is 5.91 Å². The maximum atomic E-state index is 12.0. The van der Waals surface area contributed by atoms with Gasteiger partial charge in [-0.25, -0.2) is 0 Å². The molecule has 6 heteroatoms. The van der Waals surface area contributed by atoms with E-state index in [1.165, 1.54) is 0 Å². The second-order valence-corrected chi connectivity index (χ2v) is 5.27. The Hall–Kier alpha value is -2.09. The Morgan fingerprint density at radius 1 is 1.05 bits per heavy atom. The van der Waals surface area contributed by atoms with Crippen LogP contribution >= 0.6 is 22.6 Å². The standard InChI is InChI=1S/C14H12IN3O2/c15-11-5-7-12(8-6-11)17-14(19)10-3-1-9(2-4-10)13(16)18-20/h1-8,20H,(H2,16,18)(H,17,19). The van der Waals surface area contributed by atoms with Gasteiger partial charge < -0.3 is 16.3 Å². The number of rotatable bonds is 3. The van der Waals surface area contributed by atoms with E-state index in [-0.39, 0.29) is 11.7 Å². The van der Waals surface area contributed by atoms with Crippen molar-refractivity contribution in [1.29, 1.82) is 0 Å². The van der Waals surface area contributed by atoms with Crippen molar-refractivity contribution in [1.82, 2.24) is 0 Å². The smallest absolute Gasteiger partial charge is 0.255 e. The van der Waals surface area contributed by atoms with Crippen molar-refractivity contribution in [3.05, 3.63) is 63.2 Å². The summed E-state index contributed by atoms with van der Waals surface area (Å²) in [5, 5.41) is 14.3. The van der Waals surface area contributed by atoms with Crippen molar-refractivity contribution in [3.8, 4) is 0 Å². The molecule has 0 aliphatic rings. The Bertz CT molecular complexity index is 636. The third-order valence-corrected chi connectivity index (χ3v) is 3.37. The van der Waals surface area contributed by atoms with E-state index in [1.54, 1.807) is 24.3 Å². The number of halogens is 1. The molecule has 0 aliphatic heterocycles. The fourth-order valence-electron chi connectivity index (χ4n) is 1.59. The zero-order valence-corrected chi connectivity index (χ0v) is 12.5. The summed E-state index contributed by atoms with van der Waals surface area (Å²) < 4.78 is 1.10. The van der Waals surface area contributed by atoms with Crippen LogP contribution in [0.5, 0.6) is 0 Å². The van der Waals surface area contributed by atoms with Crippen LogP contribution in [0.2, 0.25) is 0 Å². The van der Waals surface area contributed by atoms with Gasteiger partial charge in [-0.3, -0.25) is 4.79 Å². The number of hydrogen-bond acceptors (Lipinski definition) is 3. The second-order valence-electron chi connectivity index (χ2n) is 4.02. The SMILES string of the molecule is N/C(=N\O)c1ccc(C(=O)Nc2ccc(I)cc2)cc1. The van der Waals surface area contributed by atoms with Gasteiger partial charge in [0.1, 0.15) is 0 Å². The normalized spacial score (nSPS) is 11.2. The molecule has 0 radical (unpaired) electrons. The lowest BCUT2D eigenvalue weighted by Gasteiger charge is -2.06. The van der Waals surface area contributed by atoms with E-state index in [0.29, 0.717) is 11.1 Å². The van der Waals surface area contributed by atoms with E-state index in [4.69, 9.17) is 10.9 Å². The molecule has 2 aromatic rings. The quantitative estimate of drug-likeness (QED) is 0.251. The number of benzene rings is 2. The predicted molar refractivity (Wildman–Crippen MR) is 86.1 cm³/mol. The van der Waals surface area contributed by atoms with Crippen LogP contribution in [0, 0.1) is 3.57 Å². The number of carbonyl (C=O) groups is 1. The zero-order valence-electron chi connectivity index (χ0n) is 10.4. The molecule has 0 spiro atoms. The van der Waals surface area contributed by atoms with Crippen molar-refractivity contribution < 1.29 is 10.0 Å². The summed E-state index contributed by atoms with van der Waals surface area (Å²) in [6, 6.07) is 14.0. The molecule has 1 amide bonds. The second kappa shape index (κ2) is 6.38. The van der Waals surface area contributed by atoms with E-state index in [2.05, 4.69) is 33.1 Å². The number of anilines is 1. The van der Waals surface area contributed by atoms with Crippen LogP contribution in [0.15, 0.2) is 53.7 Å². The van der Waals surface area contributed by atoms with Gasteiger partial charge in [0.2, 0.25) is 0 Å². The molecule has 20 heavy (non-hydrogen) atoms. The van der Waals surface area contributed by atoms with Crippen LogP contribution in [0.4, 0.5) is 5.69 Å². The summed E-state index contributed by atoms with van der Waals surface area (Å²) in [6.45, 7) is 0. The Morgan fingerprint density at radius 2 is 1.60 bits per heavy atom. The first-order valence-corrected chi connectivity index (χ1v) is 6.83. The van der Waals surface area contributed by atoms with Gasteiger partial charge in [-0.1, -0.05) is 17.3 Å². The number of oxime groups is 1. The Labute approximate surface area is 129 Å². The average molecular weight is 381 g/mol. The molecule has 0 aliphatic carbocycles. The molecule has 2 aromatic carbocycles. The fourth-order valence-corrected chi connectivity index (χ4v) is 1.95. The average Bonchev–Trinajstić information content (AvgIpc) is 2.49. The van der Waals surface area contributed by atoms with Crippen molar-refractivity contribution in [2.24, 2.45) is 10.9 Å². The highest BCUT2D eigenvalue weighted by Gasteiger charge is 2.07. The molecule has 0 saturated carbocycles. The first-order valence-electron chi connectivity index (χ1n) is 5.75. The summed E-state index contributed by atoms with van der Waals surface area (Å²) in [7, 11) is 0. The summed E-state index contributed by atoms with van der Waals surface area (Å²) in [5.74, 6) is -0.202. The number of amidine groups is 1. The number of amides is 1. The Balaban J connectivity index is 2.11. The van der Waals surface area contributed by atoms with Crippen LogP contribution < -0.4 is 11.1 Å². The molecule has 0 bridgehead atoms. The Kier molecular flexibility index (Phi) is 4.57. The molecule has 0 heterocycles. The van der Waals surface area contributed by atoms with E-state index >= 15 is 0 Å². The van der Waals surface area contributed by atoms with E-state index in [1.807, 2.05) is 24.3 Å². The van der Waals surface area contributed by atoms with Crippen LogP contribution in [-0.4, -0.2) is 17.0 Å². The minimum Gasteiger partial charge on any atom is -0.409 e. The number of nitrogens with zero attached hydrogens (tertiary/aromatic N) is 1. The topological polar surface area (TPSA) is 87.7 Å². The summed E-state index contributed by atoms with van der Waals surface area (Å²) in [4.78, 5) is 12.0. The lowest BCUT2D eigenvalue weighted by molar-refractivity contribution is 0.102. The van der Waals surface area contributed by atoms with Crippen molar-refractivity contribution in [2.75, 3.05) is 5.32 Å². The van der Waals surface area contributed by atoms with Crippen LogP contribution in [0.3, 0.4) is 0 Å². The van der Waals surface area contributed by atoms with Crippen LogP contribution in [0.1, 0.15) is 15.9 Å². The molecular weight excluding hydrogens is 369 g/mol. The lowest BCUT2D eigenvalue weighted by Crippen LogP contribution is -2.15. The minimum atomic E-state index is -0.211. The van der Waals surface area contributed by atoms with Gasteiger partial charge in [0.15, 0.2) is 5.84 Å². The highest BCUT2D eigenvalue weighted by atomic mass is 127. The summed E-state index contributed by atoms with van der Waals surface area (Å²) in [5.41, 5.74) is 7.24. The van der Waals surface area contributed by atoms with Gasteiger partial charge >= 0.3 is 0 Å².